The van der Waals surface area contributed by atoms with Crippen LogP contribution in [0.4, 0.5) is 8.78 Å². The van der Waals surface area contributed by atoms with E-state index in [1.54, 1.807) is 6.92 Å². The first-order valence-electron chi connectivity index (χ1n) is 6.46. The maximum absolute atomic E-state index is 13.0. The number of aliphatic carboxylic acids is 1. The van der Waals surface area contributed by atoms with Gasteiger partial charge in [-0.15, -0.1) is 0 Å². The summed E-state index contributed by atoms with van der Waals surface area (Å²) in [5.41, 5.74) is 0.199. The van der Waals surface area contributed by atoms with Crippen LogP contribution in [-0.2, 0) is 4.79 Å². The van der Waals surface area contributed by atoms with Gasteiger partial charge in [0.2, 0.25) is 0 Å². The van der Waals surface area contributed by atoms with Gasteiger partial charge in [0.05, 0.1) is 6.10 Å². The van der Waals surface area contributed by atoms with Crippen LogP contribution >= 0.6 is 0 Å². The Morgan fingerprint density at radius 2 is 2.00 bits per heavy atom. The standard InChI is InChI=1S/C14H19F2NO3/c1-3-8(2)13(14(19)20)17-7-12(18)9-4-5-10(15)11(16)6-9/h4-6,8,12-13,17-18H,3,7H2,1-2H3,(H,19,20). The van der Waals surface area contributed by atoms with Gasteiger partial charge in [0.25, 0.3) is 0 Å². The van der Waals surface area contributed by atoms with Gasteiger partial charge >= 0.3 is 5.97 Å². The number of carboxylic acid groups (broad SMARTS) is 1. The van der Waals surface area contributed by atoms with E-state index in [1.807, 2.05) is 6.92 Å². The number of rotatable bonds is 7. The van der Waals surface area contributed by atoms with Crippen LogP contribution in [0.2, 0.25) is 0 Å². The molecule has 0 spiro atoms. The predicted molar refractivity (Wildman–Crippen MR) is 70.2 cm³/mol. The number of carboxylic acids is 1. The van der Waals surface area contributed by atoms with Crippen molar-refractivity contribution in [2.24, 2.45) is 5.92 Å². The third-order valence-corrected chi connectivity index (χ3v) is 3.34. The number of aliphatic hydroxyl groups excluding tert-OH is 1. The molecule has 20 heavy (non-hydrogen) atoms. The van der Waals surface area contributed by atoms with E-state index in [0.29, 0.717) is 6.42 Å². The largest absolute Gasteiger partial charge is 0.480 e. The van der Waals surface area contributed by atoms with Crippen molar-refractivity contribution in [2.75, 3.05) is 6.54 Å². The van der Waals surface area contributed by atoms with Gasteiger partial charge < -0.3 is 15.5 Å². The minimum absolute atomic E-state index is 0.0492. The summed E-state index contributed by atoms with van der Waals surface area (Å²) in [5.74, 6) is -3.14. The number of hydrogen-bond donors (Lipinski definition) is 3. The van der Waals surface area contributed by atoms with E-state index in [0.717, 1.165) is 12.1 Å². The molecular formula is C14H19F2NO3. The molecule has 4 nitrogen and oxygen atoms in total. The summed E-state index contributed by atoms with van der Waals surface area (Å²) < 4.78 is 25.8. The second-order valence-electron chi connectivity index (χ2n) is 4.80. The zero-order valence-electron chi connectivity index (χ0n) is 11.4. The van der Waals surface area contributed by atoms with E-state index in [2.05, 4.69) is 5.32 Å². The van der Waals surface area contributed by atoms with Gasteiger partial charge in [-0.3, -0.25) is 4.79 Å². The number of aliphatic hydroxyl groups is 1. The Hall–Kier alpha value is -1.53. The molecule has 0 radical (unpaired) electrons. The molecule has 3 atom stereocenters. The van der Waals surface area contributed by atoms with Crippen LogP contribution in [-0.4, -0.2) is 28.8 Å². The van der Waals surface area contributed by atoms with E-state index in [4.69, 9.17) is 5.11 Å². The van der Waals surface area contributed by atoms with Crippen molar-refractivity contribution in [3.05, 3.63) is 35.4 Å². The lowest BCUT2D eigenvalue weighted by Crippen LogP contribution is -2.43. The minimum atomic E-state index is -1.10. The highest BCUT2D eigenvalue weighted by atomic mass is 19.2. The molecule has 0 bridgehead atoms. The Bertz CT molecular complexity index is 468. The van der Waals surface area contributed by atoms with Crippen LogP contribution in [0.15, 0.2) is 18.2 Å². The monoisotopic (exact) mass is 287 g/mol. The Balaban J connectivity index is 2.67. The fourth-order valence-corrected chi connectivity index (χ4v) is 1.84. The number of benzene rings is 1. The summed E-state index contributed by atoms with van der Waals surface area (Å²) in [7, 11) is 0. The molecule has 3 unspecified atom stereocenters. The lowest BCUT2D eigenvalue weighted by molar-refractivity contribution is -0.141. The average Bonchev–Trinajstić information content (AvgIpc) is 2.41. The summed E-state index contributed by atoms with van der Waals surface area (Å²) in [6.45, 7) is 3.61. The first kappa shape index (κ1) is 16.5. The van der Waals surface area contributed by atoms with Crippen molar-refractivity contribution in [2.45, 2.75) is 32.4 Å². The van der Waals surface area contributed by atoms with Crippen LogP contribution < -0.4 is 5.32 Å². The van der Waals surface area contributed by atoms with Crippen molar-refractivity contribution < 1.29 is 23.8 Å². The molecule has 0 saturated heterocycles. The van der Waals surface area contributed by atoms with E-state index < -0.39 is 29.7 Å². The second kappa shape index (κ2) is 7.31. The Morgan fingerprint density at radius 1 is 1.35 bits per heavy atom. The van der Waals surface area contributed by atoms with Crippen LogP contribution in [0.1, 0.15) is 31.9 Å². The van der Waals surface area contributed by atoms with E-state index in [-0.39, 0.29) is 18.0 Å². The van der Waals surface area contributed by atoms with Gasteiger partial charge in [-0.25, -0.2) is 8.78 Å². The van der Waals surface area contributed by atoms with Gasteiger partial charge in [0, 0.05) is 6.54 Å². The molecule has 0 aromatic heterocycles. The molecule has 0 aliphatic carbocycles. The molecule has 0 aliphatic rings. The number of hydrogen-bond acceptors (Lipinski definition) is 3. The van der Waals surface area contributed by atoms with Gasteiger partial charge in [0.1, 0.15) is 6.04 Å². The topological polar surface area (TPSA) is 69.6 Å². The van der Waals surface area contributed by atoms with E-state index in [1.165, 1.54) is 6.07 Å². The third kappa shape index (κ3) is 4.25. The molecule has 3 N–H and O–H groups in total. The van der Waals surface area contributed by atoms with E-state index >= 15 is 0 Å². The molecule has 1 rings (SSSR count). The predicted octanol–water partition coefficient (Wildman–Crippen LogP) is 2.09. The zero-order valence-corrected chi connectivity index (χ0v) is 11.4. The maximum atomic E-state index is 13.0. The van der Waals surface area contributed by atoms with E-state index in [9.17, 15) is 18.7 Å². The highest BCUT2D eigenvalue weighted by molar-refractivity contribution is 5.73. The van der Waals surface area contributed by atoms with Crippen LogP contribution in [0.5, 0.6) is 0 Å². The van der Waals surface area contributed by atoms with Crippen molar-refractivity contribution in [3.8, 4) is 0 Å². The van der Waals surface area contributed by atoms with Gasteiger partial charge in [0.15, 0.2) is 11.6 Å². The lowest BCUT2D eigenvalue weighted by Gasteiger charge is -2.22. The Kier molecular flexibility index (Phi) is 6.04. The van der Waals surface area contributed by atoms with Gasteiger partial charge in [-0.1, -0.05) is 26.3 Å². The summed E-state index contributed by atoms with van der Waals surface area (Å²) in [4.78, 5) is 11.1. The third-order valence-electron chi connectivity index (χ3n) is 3.34. The molecule has 1 aromatic carbocycles. The van der Waals surface area contributed by atoms with Crippen LogP contribution in [0, 0.1) is 17.6 Å². The molecule has 1 aromatic rings. The molecule has 0 fully saturated rings. The number of carbonyl (C=O) groups is 1. The summed E-state index contributed by atoms with van der Waals surface area (Å²) in [6.07, 6.45) is -0.429. The first-order valence-corrected chi connectivity index (χ1v) is 6.46. The fourth-order valence-electron chi connectivity index (χ4n) is 1.84. The highest BCUT2D eigenvalue weighted by Gasteiger charge is 2.24. The van der Waals surface area contributed by atoms with Crippen molar-refractivity contribution in [1.82, 2.24) is 5.32 Å². The fraction of sp³-hybridized carbons (Fsp3) is 0.500. The molecular weight excluding hydrogens is 268 g/mol. The lowest BCUT2D eigenvalue weighted by atomic mass is 9.99. The molecule has 0 saturated carbocycles. The van der Waals surface area contributed by atoms with Gasteiger partial charge in [-0.05, 0) is 23.6 Å². The molecule has 0 amide bonds. The molecule has 6 heteroatoms. The second-order valence-corrected chi connectivity index (χ2v) is 4.80. The van der Waals surface area contributed by atoms with Crippen molar-refractivity contribution in [3.63, 3.8) is 0 Å². The SMILES string of the molecule is CCC(C)C(NCC(O)c1ccc(F)c(F)c1)C(=O)O. The number of halogens is 2. The highest BCUT2D eigenvalue weighted by Crippen LogP contribution is 2.16. The summed E-state index contributed by atoms with van der Waals surface area (Å²) in [6, 6.07) is 2.31. The van der Waals surface area contributed by atoms with Crippen molar-refractivity contribution in [1.29, 1.82) is 0 Å². The Labute approximate surface area is 116 Å². The molecule has 0 aliphatic heterocycles. The quantitative estimate of drug-likeness (QED) is 0.718. The number of nitrogens with one attached hydrogen (secondary N) is 1. The van der Waals surface area contributed by atoms with Crippen molar-refractivity contribution >= 4 is 5.97 Å². The summed E-state index contributed by atoms with van der Waals surface area (Å²) >= 11 is 0. The minimum Gasteiger partial charge on any atom is -0.480 e. The normalized spacial score (nSPS) is 15.7. The molecule has 0 heterocycles. The van der Waals surface area contributed by atoms with Crippen LogP contribution in [0.3, 0.4) is 0 Å². The first-order chi connectivity index (χ1) is 9.36. The smallest absolute Gasteiger partial charge is 0.320 e. The van der Waals surface area contributed by atoms with Gasteiger partial charge in [-0.2, -0.15) is 0 Å². The van der Waals surface area contributed by atoms with Crippen LogP contribution in [0.25, 0.3) is 0 Å². The average molecular weight is 287 g/mol. The Morgan fingerprint density at radius 3 is 2.50 bits per heavy atom. The maximum Gasteiger partial charge on any atom is 0.320 e. The summed E-state index contributed by atoms with van der Waals surface area (Å²) in [5, 5.41) is 21.7. The zero-order chi connectivity index (χ0) is 15.3. The molecule has 112 valence electrons.